The van der Waals surface area contributed by atoms with Crippen LogP contribution in [0.4, 0.5) is 5.69 Å². The van der Waals surface area contributed by atoms with Gasteiger partial charge in [0.05, 0.1) is 4.92 Å². The minimum Gasteiger partial charge on any atom is -0.502 e. The predicted octanol–water partition coefficient (Wildman–Crippen LogP) is 3.01. The zero-order valence-electron chi connectivity index (χ0n) is 8.85. The monoisotopic (exact) mass is 234 g/mol. The first-order valence-corrected chi connectivity index (χ1v) is 4.80. The summed E-state index contributed by atoms with van der Waals surface area (Å²) in [6.45, 7) is 0.340. The molecule has 0 aliphatic heterocycles. The average Bonchev–Trinajstić information content (AvgIpc) is 2.30. The molecule has 1 aromatic rings. The molecule has 0 unspecified atom stereocenters. The SMILES string of the molecule is [N-]=[N+]=NCCC=Cc1ccc(O)c([N+](=O)[O-])c1. The number of nitro benzene ring substituents is 1. The lowest BCUT2D eigenvalue weighted by molar-refractivity contribution is -0.385. The Morgan fingerprint density at radius 1 is 1.59 bits per heavy atom. The summed E-state index contributed by atoms with van der Waals surface area (Å²) >= 11 is 0. The molecule has 1 aromatic carbocycles. The lowest BCUT2D eigenvalue weighted by Crippen LogP contribution is -1.88. The number of aromatic hydroxyl groups is 1. The highest BCUT2D eigenvalue weighted by Gasteiger charge is 2.12. The molecule has 1 rings (SSSR count). The van der Waals surface area contributed by atoms with Gasteiger partial charge in [0.1, 0.15) is 0 Å². The molecule has 0 aromatic heterocycles. The van der Waals surface area contributed by atoms with Crippen LogP contribution in [0, 0.1) is 10.1 Å². The maximum Gasteiger partial charge on any atom is 0.311 e. The molecule has 0 saturated carbocycles. The third-order valence-electron chi connectivity index (χ3n) is 1.97. The van der Waals surface area contributed by atoms with Gasteiger partial charge < -0.3 is 5.11 Å². The number of phenols is 1. The van der Waals surface area contributed by atoms with Crippen molar-refractivity contribution >= 4 is 11.8 Å². The van der Waals surface area contributed by atoms with Crippen LogP contribution in [0.5, 0.6) is 5.75 Å². The van der Waals surface area contributed by atoms with E-state index in [1.54, 1.807) is 18.2 Å². The fourth-order valence-corrected chi connectivity index (χ4v) is 1.19. The fraction of sp³-hybridized carbons (Fsp3) is 0.200. The second-order valence-corrected chi connectivity index (χ2v) is 3.15. The van der Waals surface area contributed by atoms with Gasteiger partial charge in [-0.1, -0.05) is 23.3 Å². The van der Waals surface area contributed by atoms with Crippen LogP contribution in [-0.4, -0.2) is 16.6 Å². The van der Waals surface area contributed by atoms with Crippen LogP contribution in [0.15, 0.2) is 29.4 Å². The molecular formula is C10H10N4O3. The molecular weight excluding hydrogens is 224 g/mol. The Kier molecular flexibility index (Phi) is 4.53. The summed E-state index contributed by atoms with van der Waals surface area (Å²) in [5.74, 6) is -0.360. The Morgan fingerprint density at radius 2 is 2.35 bits per heavy atom. The van der Waals surface area contributed by atoms with Crippen molar-refractivity contribution in [2.45, 2.75) is 6.42 Å². The van der Waals surface area contributed by atoms with Crippen LogP contribution < -0.4 is 0 Å². The van der Waals surface area contributed by atoms with Gasteiger partial charge in [0.25, 0.3) is 0 Å². The number of azide groups is 1. The molecule has 1 N–H and O–H groups in total. The lowest BCUT2D eigenvalue weighted by Gasteiger charge is -1.97. The van der Waals surface area contributed by atoms with Gasteiger partial charge in [0.15, 0.2) is 5.75 Å². The average molecular weight is 234 g/mol. The first-order valence-electron chi connectivity index (χ1n) is 4.80. The Labute approximate surface area is 96.8 Å². The van der Waals surface area contributed by atoms with E-state index < -0.39 is 4.92 Å². The molecule has 7 heteroatoms. The summed E-state index contributed by atoms with van der Waals surface area (Å²) < 4.78 is 0. The van der Waals surface area contributed by atoms with Gasteiger partial charge in [-0.25, -0.2) is 0 Å². The smallest absolute Gasteiger partial charge is 0.311 e. The van der Waals surface area contributed by atoms with Crippen molar-refractivity contribution in [2.24, 2.45) is 5.11 Å². The van der Waals surface area contributed by atoms with Crippen molar-refractivity contribution in [1.29, 1.82) is 0 Å². The summed E-state index contributed by atoms with van der Waals surface area (Å²) in [6, 6.07) is 4.11. The quantitative estimate of drug-likeness (QED) is 0.211. The highest BCUT2D eigenvalue weighted by Crippen LogP contribution is 2.26. The molecule has 0 saturated heterocycles. The maximum atomic E-state index is 10.6. The molecule has 0 fully saturated rings. The van der Waals surface area contributed by atoms with E-state index in [2.05, 4.69) is 10.0 Å². The van der Waals surface area contributed by atoms with Crippen LogP contribution in [-0.2, 0) is 0 Å². The minimum absolute atomic E-state index is 0.331. The first-order chi connectivity index (χ1) is 8.15. The van der Waals surface area contributed by atoms with E-state index in [4.69, 9.17) is 5.53 Å². The predicted molar refractivity (Wildman–Crippen MR) is 62.4 cm³/mol. The Hall–Kier alpha value is -2.53. The van der Waals surface area contributed by atoms with Crippen LogP contribution in [0.2, 0.25) is 0 Å². The summed E-state index contributed by atoms with van der Waals surface area (Å²) in [7, 11) is 0. The highest BCUT2D eigenvalue weighted by molar-refractivity contribution is 5.58. The van der Waals surface area contributed by atoms with Gasteiger partial charge in [0, 0.05) is 17.5 Å². The number of nitro groups is 1. The molecule has 0 aliphatic carbocycles. The Bertz CT molecular complexity index is 492. The van der Waals surface area contributed by atoms with Crippen LogP contribution >= 0.6 is 0 Å². The number of rotatable bonds is 5. The normalized spacial score (nSPS) is 10.1. The Balaban J connectivity index is 2.75. The Morgan fingerprint density at radius 3 is 3.00 bits per heavy atom. The van der Waals surface area contributed by atoms with Gasteiger partial charge in [0.2, 0.25) is 0 Å². The van der Waals surface area contributed by atoms with Crippen LogP contribution in [0.25, 0.3) is 16.5 Å². The zero-order valence-corrected chi connectivity index (χ0v) is 8.85. The van der Waals surface area contributed by atoms with Crippen molar-refractivity contribution in [3.8, 4) is 5.75 Å². The van der Waals surface area contributed by atoms with E-state index in [1.807, 2.05) is 0 Å². The molecule has 7 nitrogen and oxygen atoms in total. The second kappa shape index (κ2) is 6.14. The van der Waals surface area contributed by atoms with E-state index in [-0.39, 0.29) is 11.4 Å². The van der Waals surface area contributed by atoms with Crippen molar-refractivity contribution < 1.29 is 10.0 Å². The zero-order chi connectivity index (χ0) is 12.7. The largest absolute Gasteiger partial charge is 0.502 e. The van der Waals surface area contributed by atoms with E-state index in [0.717, 1.165) is 0 Å². The van der Waals surface area contributed by atoms with Crippen LogP contribution in [0.3, 0.4) is 0 Å². The molecule has 0 bridgehead atoms. The van der Waals surface area contributed by atoms with E-state index >= 15 is 0 Å². The molecule has 0 aliphatic rings. The number of phenolic OH excluding ortho intramolecular Hbond substituents is 1. The van der Waals surface area contributed by atoms with Gasteiger partial charge in [-0.2, -0.15) is 0 Å². The van der Waals surface area contributed by atoms with Gasteiger partial charge in [-0.15, -0.1) is 0 Å². The topological polar surface area (TPSA) is 112 Å². The van der Waals surface area contributed by atoms with E-state index in [0.29, 0.717) is 18.5 Å². The summed E-state index contributed by atoms with van der Waals surface area (Å²) in [5.41, 5.74) is 8.32. The molecule has 0 amide bonds. The van der Waals surface area contributed by atoms with E-state index in [9.17, 15) is 15.2 Å². The number of hydrogen-bond donors (Lipinski definition) is 1. The third-order valence-corrected chi connectivity index (χ3v) is 1.97. The fourth-order valence-electron chi connectivity index (χ4n) is 1.19. The second-order valence-electron chi connectivity index (χ2n) is 3.15. The summed E-state index contributed by atoms with van der Waals surface area (Å²) in [4.78, 5) is 12.5. The van der Waals surface area contributed by atoms with Crippen LogP contribution in [0.1, 0.15) is 12.0 Å². The van der Waals surface area contributed by atoms with Crippen molar-refractivity contribution in [3.05, 3.63) is 50.4 Å². The van der Waals surface area contributed by atoms with Gasteiger partial charge in [-0.3, -0.25) is 10.1 Å². The van der Waals surface area contributed by atoms with Crippen molar-refractivity contribution in [1.82, 2.24) is 0 Å². The molecule has 0 heterocycles. The van der Waals surface area contributed by atoms with Gasteiger partial charge >= 0.3 is 5.69 Å². The molecule has 0 radical (unpaired) electrons. The highest BCUT2D eigenvalue weighted by atomic mass is 16.6. The van der Waals surface area contributed by atoms with E-state index in [1.165, 1.54) is 12.1 Å². The molecule has 17 heavy (non-hydrogen) atoms. The standard InChI is InChI=1S/C10H10N4O3/c11-13-12-6-2-1-3-8-4-5-10(15)9(7-8)14(16)17/h1,3-5,7,15H,2,6H2. The van der Waals surface area contributed by atoms with Crippen molar-refractivity contribution in [3.63, 3.8) is 0 Å². The maximum absolute atomic E-state index is 10.6. The number of hydrogen-bond acceptors (Lipinski definition) is 4. The molecule has 0 spiro atoms. The first kappa shape index (κ1) is 12.5. The molecule has 0 atom stereocenters. The lowest BCUT2D eigenvalue weighted by atomic mass is 10.1. The molecule has 88 valence electrons. The summed E-state index contributed by atoms with van der Waals surface area (Å²) in [6.07, 6.45) is 3.96. The summed E-state index contributed by atoms with van der Waals surface area (Å²) in [5, 5.41) is 23.1. The number of benzene rings is 1. The minimum atomic E-state index is -0.646. The van der Waals surface area contributed by atoms with Gasteiger partial charge in [-0.05, 0) is 23.6 Å². The number of nitrogens with zero attached hydrogens (tertiary/aromatic N) is 4. The third kappa shape index (κ3) is 3.84. The van der Waals surface area contributed by atoms with Crippen molar-refractivity contribution in [2.75, 3.05) is 6.54 Å².